The normalized spacial score (nSPS) is 15.9. The van der Waals surface area contributed by atoms with Gasteiger partial charge in [0.15, 0.2) is 5.82 Å². The minimum absolute atomic E-state index is 0.0808. The smallest absolute Gasteiger partial charge is 0.233 e. The van der Waals surface area contributed by atoms with Gasteiger partial charge in [-0.05, 0) is 19.8 Å². The van der Waals surface area contributed by atoms with Gasteiger partial charge in [-0.3, -0.25) is 14.7 Å². The first-order chi connectivity index (χ1) is 13.5. The van der Waals surface area contributed by atoms with E-state index in [0.717, 1.165) is 50.3 Å². The lowest BCUT2D eigenvalue weighted by molar-refractivity contribution is -0.121. The number of aromatic nitrogens is 3. The van der Waals surface area contributed by atoms with Crippen molar-refractivity contribution in [2.75, 3.05) is 23.3 Å². The third-order valence-corrected chi connectivity index (χ3v) is 4.81. The second-order valence-corrected chi connectivity index (χ2v) is 7.20. The summed E-state index contributed by atoms with van der Waals surface area (Å²) in [7, 11) is 0. The Morgan fingerprint density at radius 3 is 2.86 bits per heavy atom. The van der Waals surface area contributed by atoms with Crippen molar-refractivity contribution in [3.8, 4) is 0 Å². The van der Waals surface area contributed by atoms with Crippen LogP contribution in [-0.4, -0.2) is 46.3 Å². The quantitative estimate of drug-likeness (QED) is 0.537. The number of hydrogen-bond donors (Lipinski definition) is 3. The zero-order valence-corrected chi connectivity index (χ0v) is 16.5. The Morgan fingerprint density at radius 2 is 2.18 bits per heavy atom. The zero-order chi connectivity index (χ0) is 19.9. The van der Waals surface area contributed by atoms with Gasteiger partial charge in [-0.25, -0.2) is 0 Å². The molecule has 1 aliphatic heterocycles. The van der Waals surface area contributed by atoms with Crippen LogP contribution in [0.3, 0.4) is 0 Å². The number of carbonyl (C=O) groups excluding carboxylic acids is 2. The first-order valence-electron chi connectivity index (χ1n) is 9.86. The van der Waals surface area contributed by atoms with Gasteiger partial charge in [0.25, 0.3) is 0 Å². The van der Waals surface area contributed by atoms with E-state index in [-0.39, 0.29) is 24.3 Å². The first kappa shape index (κ1) is 19.9. The van der Waals surface area contributed by atoms with Crippen molar-refractivity contribution < 1.29 is 14.1 Å². The summed E-state index contributed by atoms with van der Waals surface area (Å²) >= 11 is 0. The fourth-order valence-corrected chi connectivity index (χ4v) is 3.22. The van der Waals surface area contributed by atoms with Crippen LogP contribution in [0.1, 0.15) is 50.5 Å². The second-order valence-electron chi connectivity index (χ2n) is 7.20. The largest absolute Gasteiger partial charge is 0.361 e. The van der Waals surface area contributed by atoms with E-state index in [4.69, 9.17) is 4.52 Å². The van der Waals surface area contributed by atoms with Crippen LogP contribution < -0.4 is 15.5 Å². The highest BCUT2D eigenvalue weighted by molar-refractivity contribution is 5.91. The number of H-pyrrole nitrogens is 1. The van der Waals surface area contributed by atoms with E-state index in [2.05, 4.69) is 37.8 Å². The Morgan fingerprint density at radius 1 is 1.32 bits per heavy atom. The van der Waals surface area contributed by atoms with Crippen molar-refractivity contribution in [3.05, 3.63) is 23.6 Å². The highest BCUT2D eigenvalue weighted by atomic mass is 16.5. The third kappa shape index (κ3) is 5.34. The van der Waals surface area contributed by atoms with E-state index < -0.39 is 0 Å². The fourth-order valence-electron chi connectivity index (χ4n) is 3.22. The fraction of sp³-hybridized carbons (Fsp3) is 0.579. The van der Waals surface area contributed by atoms with Crippen LogP contribution >= 0.6 is 0 Å². The van der Waals surface area contributed by atoms with E-state index in [1.807, 2.05) is 0 Å². The topological polar surface area (TPSA) is 116 Å². The molecule has 3 N–H and O–H groups in total. The molecule has 0 aromatic carbocycles. The zero-order valence-electron chi connectivity index (χ0n) is 16.5. The lowest BCUT2D eigenvalue weighted by atomic mass is 9.99. The van der Waals surface area contributed by atoms with Crippen molar-refractivity contribution >= 4 is 23.5 Å². The molecule has 2 aromatic heterocycles. The molecular weight excluding hydrogens is 360 g/mol. The molecule has 1 saturated heterocycles. The van der Waals surface area contributed by atoms with Crippen LogP contribution in [0.4, 0.5) is 11.6 Å². The molecule has 152 valence electrons. The first-order valence-corrected chi connectivity index (χ1v) is 9.86. The molecule has 3 heterocycles. The Balaban J connectivity index is 1.45. The summed E-state index contributed by atoms with van der Waals surface area (Å²) in [5.41, 5.74) is 0.741. The average molecular weight is 388 g/mol. The predicted octanol–water partition coefficient (Wildman–Crippen LogP) is 2.16. The molecule has 2 amide bonds. The Hall–Kier alpha value is -2.84. The SMILES string of the molecule is CCCCCNC(=O)C[C@@H]1CCN1c1cc(NC(=O)Cc2cc(C)no2)[nH]n1. The van der Waals surface area contributed by atoms with Crippen molar-refractivity contribution in [2.24, 2.45) is 0 Å². The van der Waals surface area contributed by atoms with Crippen LogP contribution in [0, 0.1) is 6.92 Å². The van der Waals surface area contributed by atoms with Crippen LogP contribution in [0.15, 0.2) is 16.7 Å². The van der Waals surface area contributed by atoms with Crippen molar-refractivity contribution in [3.63, 3.8) is 0 Å². The molecule has 3 rings (SSSR count). The second kappa shape index (κ2) is 9.38. The number of amides is 2. The van der Waals surface area contributed by atoms with Crippen LogP contribution in [0.2, 0.25) is 0 Å². The van der Waals surface area contributed by atoms with Crippen molar-refractivity contribution in [1.29, 1.82) is 0 Å². The summed E-state index contributed by atoms with van der Waals surface area (Å²) in [5.74, 6) is 1.64. The lowest BCUT2D eigenvalue weighted by Crippen LogP contribution is -2.50. The molecule has 9 heteroatoms. The molecule has 0 radical (unpaired) electrons. The van der Waals surface area contributed by atoms with Gasteiger partial charge in [0.1, 0.15) is 11.6 Å². The average Bonchev–Trinajstić information content (AvgIpc) is 3.24. The molecule has 0 spiro atoms. The summed E-state index contributed by atoms with van der Waals surface area (Å²) < 4.78 is 5.05. The number of rotatable bonds is 10. The van der Waals surface area contributed by atoms with Gasteiger partial charge in [0, 0.05) is 37.7 Å². The van der Waals surface area contributed by atoms with E-state index in [0.29, 0.717) is 18.0 Å². The maximum Gasteiger partial charge on any atom is 0.233 e. The van der Waals surface area contributed by atoms with E-state index in [1.165, 1.54) is 0 Å². The standard InChI is InChI=1S/C19H28N6O3/c1-3-4-5-7-20-18(26)10-14-6-8-25(14)17-12-16(22-23-17)21-19(27)11-15-9-13(2)24-28-15/h9,12,14H,3-8,10-11H2,1-2H3,(H,20,26)(H2,21,22,23,27)/t14-/m0/s1. The summed E-state index contributed by atoms with van der Waals surface area (Å²) in [4.78, 5) is 26.3. The summed E-state index contributed by atoms with van der Waals surface area (Å²) in [6.07, 6.45) is 4.83. The van der Waals surface area contributed by atoms with Gasteiger partial charge in [-0.15, -0.1) is 0 Å². The van der Waals surface area contributed by atoms with E-state index >= 15 is 0 Å². The van der Waals surface area contributed by atoms with Crippen LogP contribution in [0.25, 0.3) is 0 Å². The number of aromatic amines is 1. The maximum absolute atomic E-state index is 12.1. The van der Waals surface area contributed by atoms with Crippen molar-refractivity contribution in [2.45, 2.75) is 58.4 Å². The minimum Gasteiger partial charge on any atom is -0.361 e. The number of nitrogens with zero attached hydrogens (tertiary/aromatic N) is 3. The molecule has 0 aliphatic carbocycles. The Bertz CT molecular complexity index is 799. The van der Waals surface area contributed by atoms with Crippen molar-refractivity contribution in [1.82, 2.24) is 20.7 Å². The van der Waals surface area contributed by atoms with E-state index in [1.54, 1.807) is 19.1 Å². The number of nitrogens with one attached hydrogen (secondary N) is 3. The maximum atomic E-state index is 12.1. The van der Waals surface area contributed by atoms with Gasteiger partial charge < -0.3 is 20.1 Å². The molecule has 9 nitrogen and oxygen atoms in total. The Kier molecular flexibility index (Phi) is 6.67. The lowest BCUT2D eigenvalue weighted by Gasteiger charge is -2.40. The number of unbranched alkanes of at least 4 members (excludes halogenated alkanes) is 2. The number of aryl methyl sites for hydroxylation is 1. The minimum atomic E-state index is -0.210. The highest BCUT2D eigenvalue weighted by Crippen LogP contribution is 2.28. The molecule has 0 unspecified atom stereocenters. The Labute approximate surface area is 164 Å². The van der Waals surface area contributed by atoms with Gasteiger partial charge >= 0.3 is 0 Å². The van der Waals surface area contributed by atoms with Crippen LogP contribution in [0.5, 0.6) is 0 Å². The van der Waals surface area contributed by atoms with Gasteiger partial charge in [-0.1, -0.05) is 24.9 Å². The summed E-state index contributed by atoms with van der Waals surface area (Å²) in [6.45, 7) is 5.54. The third-order valence-electron chi connectivity index (χ3n) is 4.81. The van der Waals surface area contributed by atoms with E-state index in [9.17, 15) is 9.59 Å². The number of hydrogen-bond acceptors (Lipinski definition) is 6. The molecule has 1 fully saturated rings. The number of anilines is 2. The molecule has 1 aliphatic rings. The molecular formula is C19H28N6O3. The molecule has 1 atom stereocenters. The predicted molar refractivity (Wildman–Crippen MR) is 105 cm³/mol. The van der Waals surface area contributed by atoms with Crippen LogP contribution in [-0.2, 0) is 16.0 Å². The molecule has 28 heavy (non-hydrogen) atoms. The summed E-state index contributed by atoms with van der Waals surface area (Å²) in [5, 5.41) is 16.6. The van der Waals surface area contributed by atoms with Gasteiger partial charge in [0.05, 0.1) is 12.1 Å². The molecule has 0 saturated carbocycles. The van der Waals surface area contributed by atoms with Gasteiger partial charge in [-0.2, -0.15) is 5.10 Å². The highest BCUT2D eigenvalue weighted by Gasteiger charge is 2.31. The van der Waals surface area contributed by atoms with Gasteiger partial charge in [0.2, 0.25) is 11.8 Å². The molecule has 0 bridgehead atoms. The monoisotopic (exact) mass is 388 g/mol. The summed E-state index contributed by atoms with van der Waals surface area (Å²) in [6, 6.07) is 3.67. The molecule has 2 aromatic rings. The number of carbonyl (C=O) groups is 2.